The fraction of sp³-hybridized carbons (Fsp3) is 0.931. The molecule has 196 valence electrons. The first kappa shape index (κ1) is 31.9. The number of hydrogen-bond acceptors (Lipinski definition) is 4. The molecule has 0 radical (unpaired) electrons. The van der Waals surface area contributed by atoms with Gasteiger partial charge < -0.3 is 9.47 Å². The molecule has 0 aliphatic heterocycles. The number of ether oxygens (including phenoxy) is 2. The minimum absolute atomic E-state index is 0.399. The van der Waals surface area contributed by atoms with E-state index in [1.807, 2.05) is 13.8 Å². The van der Waals surface area contributed by atoms with E-state index in [0.29, 0.717) is 26.1 Å². The Balaban J connectivity index is 3.98. The highest BCUT2D eigenvalue weighted by molar-refractivity contribution is 5.99. The molecule has 0 atom stereocenters. The third-order valence-corrected chi connectivity index (χ3v) is 6.95. The second-order valence-corrected chi connectivity index (χ2v) is 9.72. The highest BCUT2D eigenvalue weighted by atomic mass is 16.6. The fourth-order valence-electron chi connectivity index (χ4n) is 4.34. The molecule has 0 fully saturated rings. The smallest absolute Gasteiger partial charge is 0.323 e. The fourth-order valence-corrected chi connectivity index (χ4v) is 4.34. The van der Waals surface area contributed by atoms with Crippen LogP contribution in [-0.2, 0) is 19.1 Å². The van der Waals surface area contributed by atoms with E-state index >= 15 is 0 Å². The molecule has 0 aromatic heterocycles. The molecule has 33 heavy (non-hydrogen) atoms. The lowest BCUT2D eigenvalue weighted by atomic mass is 9.82. The molecule has 0 saturated carbocycles. The number of esters is 2. The first-order valence-corrected chi connectivity index (χ1v) is 14.4. The van der Waals surface area contributed by atoms with Crippen LogP contribution in [0.4, 0.5) is 0 Å². The van der Waals surface area contributed by atoms with Gasteiger partial charge in [-0.1, -0.05) is 130 Å². The summed E-state index contributed by atoms with van der Waals surface area (Å²) in [6, 6.07) is 0. The zero-order chi connectivity index (χ0) is 24.6. The van der Waals surface area contributed by atoms with E-state index in [4.69, 9.17) is 9.47 Å². The van der Waals surface area contributed by atoms with Gasteiger partial charge >= 0.3 is 11.9 Å². The molecule has 0 saturated heterocycles. The molecule has 4 nitrogen and oxygen atoms in total. The largest absolute Gasteiger partial charge is 0.465 e. The molecule has 0 bridgehead atoms. The Morgan fingerprint density at radius 2 is 0.727 bits per heavy atom. The van der Waals surface area contributed by atoms with Gasteiger partial charge in [0, 0.05) is 0 Å². The summed E-state index contributed by atoms with van der Waals surface area (Å²) in [6.45, 7) is 9.04. The van der Waals surface area contributed by atoms with Gasteiger partial charge in [-0.15, -0.1) is 0 Å². The summed E-state index contributed by atoms with van der Waals surface area (Å²) in [4.78, 5) is 25.5. The number of rotatable bonds is 24. The highest BCUT2D eigenvalue weighted by Gasteiger charge is 2.45. The van der Waals surface area contributed by atoms with Gasteiger partial charge in [-0.05, 0) is 25.7 Å². The summed E-state index contributed by atoms with van der Waals surface area (Å²) in [5.74, 6) is -0.799. The average Bonchev–Trinajstić information content (AvgIpc) is 2.82. The van der Waals surface area contributed by atoms with Crippen molar-refractivity contribution in [2.45, 2.75) is 156 Å². The van der Waals surface area contributed by atoms with E-state index in [9.17, 15) is 9.59 Å². The van der Waals surface area contributed by atoms with Crippen LogP contribution in [0.3, 0.4) is 0 Å². The molecule has 0 spiro atoms. The van der Waals surface area contributed by atoms with Crippen molar-refractivity contribution >= 4 is 11.9 Å². The maximum Gasteiger partial charge on any atom is 0.323 e. The molecule has 0 aliphatic rings. The van der Waals surface area contributed by atoms with E-state index in [1.54, 1.807) is 0 Å². The Hall–Kier alpha value is -1.06. The Bertz CT molecular complexity index is 457. The highest BCUT2D eigenvalue weighted by Crippen LogP contribution is 2.30. The SMILES string of the molecule is CCCCCCCCCCCCCOC(=O)C(CC)(CC)C(=O)OCCCCCCCCC. The number of unbranched alkanes of at least 4 members (excludes halogenated alkanes) is 16. The van der Waals surface area contributed by atoms with Crippen molar-refractivity contribution in [1.82, 2.24) is 0 Å². The van der Waals surface area contributed by atoms with Crippen LogP contribution in [0.2, 0.25) is 0 Å². The van der Waals surface area contributed by atoms with Crippen LogP contribution in [0.1, 0.15) is 156 Å². The summed E-state index contributed by atoms with van der Waals surface area (Å²) < 4.78 is 11.0. The predicted molar refractivity (Wildman–Crippen MR) is 139 cm³/mol. The summed E-state index contributed by atoms with van der Waals surface area (Å²) in [6.07, 6.45) is 22.9. The summed E-state index contributed by atoms with van der Waals surface area (Å²) in [5, 5.41) is 0. The second-order valence-electron chi connectivity index (χ2n) is 9.72. The number of hydrogen-bond donors (Lipinski definition) is 0. The minimum atomic E-state index is -1.14. The number of carbonyl (C=O) groups is 2. The third-order valence-electron chi connectivity index (χ3n) is 6.95. The van der Waals surface area contributed by atoms with Gasteiger partial charge in [0.1, 0.15) is 0 Å². The topological polar surface area (TPSA) is 52.6 Å². The maximum absolute atomic E-state index is 12.8. The molecule has 0 amide bonds. The Kier molecular flexibility index (Phi) is 22.0. The van der Waals surface area contributed by atoms with E-state index in [-0.39, 0.29) is 0 Å². The van der Waals surface area contributed by atoms with Gasteiger partial charge in [0.15, 0.2) is 5.41 Å². The van der Waals surface area contributed by atoms with Gasteiger partial charge in [-0.3, -0.25) is 9.59 Å². The lowest BCUT2D eigenvalue weighted by Gasteiger charge is -2.27. The van der Waals surface area contributed by atoms with Crippen molar-refractivity contribution in [2.24, 2.45) is 5.41 Å². The van der Waals surface area contributed by atoms with Gasteiger partial charge in [-0.25, -0.2) is 0 Å². The molecular weight excluding hydrogens is 412 g/mol. The van der Waals surface area contributed by atoms with Crippen molar-refractivity contribution in [3.63, 3.8) is 0 Å². The molecule has 0 unspecified atom stereocenters. The lowest BCUT2D eigenvalue weighted by Crippen LogP contribution is -2.41. The molecule has 0 aliphatic carbocycles. The lowest BCUT2D eigenvalue weighted by molar-refractivity contribution is -0.173. The van der Waals surface area contributed by atoms with Crippen molar-refractivity contribution < 1.29 is 19.1 Å². The zero-order valence-electron chi connectivity index (χ0n) is 22.7. The van der Waals surface area contributed by atoms with Crippen LogP contribution in [0.25, 0.3) is 0 Å². The molecule has 0 N–H and O–H groups in total. The summed E-state index contributed by atoms with van der Waals surface area (Å²) in [5.41, 5.74) is -1.14. The van der Waals surface area contributed by atoms with Gasteiger partial charge in [0.2, 0.25) is 0 Å². The second kappa shape index (κ2) is 22.7. The number of carbonyl (C=O) groups excluding carboxylic acids is 2. The van der Waals surface area contributed by atoms with Crippen molar-refractivity contribution in [2.75, 3.05) is 13.2 Å². The van der Waals surface area contributed by atoms with E-state index in [2.05, 4.69) is 13.8 Å². The molecule has 0 aromatic carbocycles. The maximum atomic E-state index is 12.8. The predicted octanol–water partition coefficient (Wildman–Crippen LogP) is 8.94. The Morgan fingerprint density at radius 3 is 1.00 bits per heavy atom. The first-order chi connectivity index (χ1) is 16.1. The molecular formula is C29H56O4. The van der Waals surface area contributed by atoms with Crippen LogP contribution < -0.4 is 0 Å². The van der Waals surface area contributed by atoms with Crippen LogP contribution in [0, 0.1) is 5.41 Å². The molecule has 0 rings (SSSR count). The zero-order valence-corrected chi connectivity index (χ0v) is 22.7. The van der Waals surface area contributed by atoms with Crippen molar-refractivity contribution in [3.05, 3.63) is 0 Å². The average molecular weight is 469 g/mol. The molecule has 4 heteroatoms. The van der Waals surface area contributed by atoms with E-state index in [0.717, 1.165) is 25.7 Å². The summed E-state index contributed by atoms with van der Waals surface area (Å²) >= 11 is 0. The normalized spacial score (nSPS) is 11.5. The standard InChI is InChI=1S/C29H56O4/c1-5-9-11-13-15-16-17-18-20-22-24-26-33-28(31)29(7-3,8-4)27(30)32-25-23-21-19-14-12-10-6-2/h5-26H2,1-4H3. The van der Waals surface area contributed by atoms with Gasteiger partial charge in [0.25, 0.3) is 0 Å². The van der Waals surface area contributed by atoms with Crippen LogP contribution in [0.5, 0.6) is 0 Å². The van der Waals surface area contributed by atoms with E-state index in [1.165, 1.54) is 89.9 Å². The van der Waals surface area contributed by atoms with Crippen LogP contribution >= 0.6 is 0 Å². The van der Waals surface area contributed by atoms with Crippen molar-refractivity contribution in [1.29, 1.82) is 0 Å². The molecule has 0 heterocycles. The van der Waals surface area contributed by atoms with Gasteiger partial charge in [-0.2, -0.15) is 0 Å². The summed E-state index contributed by atoms with van der Waals surface area (Å²) in [7, 11) is 0. The van der Waals surface area contributed by atoms with E-state index < -0.39 is 17.4 Å². The Morgan fingerprint density at radius 1 is 0.455 bits per heavy atom. The quantitative estimate of drug-likeness (QED) is 0.0805. The van der Waals surface area contributed by atoms with Crippen LogP contribution in [-0.4, -0.2) is 25.2 Å². The monoisotopic (exact) mass is 468 g/mol. The Labute approximate surface area is 206 Å². The van der Waals surface area contributed by atoms with Crippen LogP contribution in [0.15, 0.2) is 0 Å². The first-order valence-electron chi connectivity index (χ1n) is 14.4. The molecule has 0 aromatic rings. The minimum Gasteiger partial charge on any atom is -0.465 e. The van der Waals surface area contributed by atoms with Crippen molar-refractivity contribution in [3.8, 4) is 0 Å². The third kappa shape index (κ3) is 15.5. The van der Waals surface area contributed by atoms with Gasteiger partial charge in [0.05, 0.1) is 13.2 Å².